The van der Waals surface area contributed by atoms with Gasteiger partial charge in [0, 0.05) is 6.08 Å². The van der Waals surface area contributed by atoms with Crippen molar-refractivity contribution in [2.24, 2.45) is 0 Å². The highest BCUT2D eigenvalue weighted by Gasteiger charge is 2.41. The highest BCUT2D eigenvalue weighted by atomic mass is 16.4. The summed E-state index contributed by atoms with van der Waals surface area (Å²) in [5.41, 5.74) is 6.47. The molecule has 0 aliphatic heterocycles. The normalized spacial score (nSPS) is 19.6. The van der Waals surface area contributed by atoms with Gasteiger partial charge in [-0.25, -0.2) is 4.79 Å². The lowest BCUT2D eigenvalue weighted by Gasteiger charge is -2.22. The van der Waals surface area contributed by atoms with Crippen molar-refractivity contribution in [3.05, 3.63) is 64.8 Å². The summed E-state index contributed by atoms with van der Waals surface area (Å²) in [6, 6.07) is 6.79. The van der Waals surface area contributed by atoms with E-state index in [1.165, 1.54) is 34.8 Å². The van der Waals surface area contributed by atoms with Gasteiger partial charge >= 0.3 is 5.97 Å². The van der Waals surface area contributed by atoms with Crippen LogP contribution in [0.5, 0.6) is 0 Å². The molecule has 0 atom stereocenters. The van der Waals surface area contributed by atoms with Crippen molar-refractivity contribution >= 4 is 11.5 Å². The minimum absolute atomic E-state index is 0.200. The molecule has 1 aliphatic carbocycles. The van der Waals surface area contributed by atoms with Crippen molar-refractivity contribution in [3.63, 3.8) is 0 Å². The van der Waals surface area contributed by atoms with E-state index < -0.39 is 5.97 Å². The number of hydrogen-bond donors (Lipinski definition) is 1. The summed E-state index contributed by atoms with van der Waals surface area (Å²) in [5, 5.41) is 8.73. The number of rotatable bonds is 4. The Labute approximate surface area is 145 Å². The Bertz CT molecular complexity index is 743. The van der Waals surface area contributed by atoms with E-state index >= 15 is 0 Å². The average molecular weight is 324 g/mol. The fourth-order valence-corrected chi connectivity index (χ4v) is 3.92. The molecule has 1 aliphatic rings. The highest BCUT2D eigenvalue weighted by Crippen LogP contribution is 2.49. The number of hydrogen-bond acceptors (Lipinski definition) is 1. The van der Waals surface area contributed by atoms with Gasteiger partial charge < -0.3 is 5.11 Å². The third kappa shape index (κ3) is 3.87. The summed E-state index contributed by atoms with van der Waals surface area (Å²) in [6.07, 6.45) is 8.14. The zero-order valence-corrected chi connectivity index (χ0v) is 15.6. The first-order chi connectivity index (χ1) is 11.0. The Morgan fingerprint density at radius 2 is 1.71 bits per heavy atom. The zero-order chi connectivity index (χ0) is 18.1. The molecule has 0 unspecified atom stereocenters. The van der Waals surface area contributed by atoms with E-state index in [2.05, 4.69) is 52.8 Å². The second-order valence-corrected chi connectivity index (χ2v) is 8.14. The third-order valence-corrected chi connectivity index (χ3v) is 4.87. The SMILES string of the molecule is CC(=CC=C/C(C)=C/C(=O)O)c1ccc2c(c1)C(C)(C)CC2(C)C. The van der Waals surface area contributed by atoms with E-state index in [0.29, 0.717) is 0 Å². The van der Waals surface area contributed by atoms with E-state index in [1.807, 2.05) is 18.2 Å². The monoisotopic (exact) mass is 324 g/mol. The molecule has 0 bridgehead atoms. The summed E-state index contributed by atoms with van der Waals surface area (Å²) < 4.78 is 0. The summed E-state index contributed by atoms with van der Waals surface area (Å²) >= 11 is 0. The minimum atomic E-state index is -0.915. The van der Waals surface area contributed by atoms with Crippen LogP contribution in [0.25, 0.3) is 5.57 Å². The number of carboxylic acid groups (broad SMARTS) is 1. The van der Waals surface area contributed by atoms with Gasteiger partial charge in [-0.1, -0.05) is 64.1 Å². The van der Waals surface area contributed by atoms with Crippen LogP contribution in [-0.2, 0) is 15.6 Å². The molecule has 2 rings (SSSR count). The zero-order valence-electron chi connectivity index (χ0n) is 15.6. The first-order valence-electron chi connectivity index (χ1n) is 8.44. The van der Waals surface area contributed by atoms with E-state index in [4.69, 9.17) is 5.11 Å². The molecule has 2 nitrogen and oxygen atoms in total. The minimum Gasteiger partial charge on any atom is -0.478 e. The van der Waals surface area contributed by atoms with Crippen molar-refractivity contribution < 1.29 is 9.90 Å². The molecule has 0 aromatic heterocycles. The predicted octanol–water partition coefficient (Wildman–Crippen LogP) is 5.64. The summed E-state index contributed by atoms with van der Waals surface area (Å²) in [6.45, 7) is 13.2. The number of carbonyl (C=O) groups is 1. The van der Waals surface area contributed by atoms with Gasteiger partial charge in [0.1, 0.15) is 0 Å². The third-order valence-electron chi connectivity index (χ3n) is 4.87. The van der Waals surface area contributed by atoms with Gasteiger partial charge in [-0.2, -0.15) is 0 Å². The Hall–Kier alpha value is -2.09. The molecular weight excluding hydrogens is 296 g/mol. The van der Waals surface area contributed by atoms with Crippen molar-refractivity contribution in [1.29, 1.82) is 0 Å². The van der Waals surface area contributed by atoms with Crippen LogP contribution in [0.2, 0.25) is 0 Å². The quantitative estimate of drug-likeness (QED) is 0.575. The number of carboxylic acids is 1. The molecule has 0 saturated heterocycles. The van der Waals surface area contributed by atoms with E-state index in [-0.39, 0.29) is 10.8 Å². The van der Waals surface area contributed by atoms with Crippen molar-refractivity contribution in [3.8, 4) is 0 Å². The van der Waals surface area contributed by atoms with E-state index in [1.54, 1.807) is 6.92 Å². The predicted molar refractivity (Wildman–Crippen MR) is 101 cm³/mol. The van der Waals surface area contributed by atoms with Gasteiger partial charge in [-0.3, -0.25) is 0 Å². The maximum atomic E-state index is 10.6. The fraction of sp³-hybridized carbons (Fsp3) is 0.409. The van der Waals surface area contributed by atoms with Crippen LogP contribution < -0.4 is 0 Å². The smallest absolute Gasteiger partial charge is 0.328 e. The fourth-order valence-electron chi connectivity index (χ4n) is 3.92. The molecule has 0 radical (unpaired) electrons. The first kappa shape index (κ1) is 18.3. The van der Waals surface area contributed by atoms with Crippen molar-refractivity contribution in [2.75, 3.05) is 0 Å². The van der Waals surface area contributed by atoms with Crippen LogP contribution in [0, 0.1) is 0 Å². The van der Waals surface area contributed by atoms with Gasteiger partial charge in [0.05, 0.1) is 0 Å². The van der Waals surface area contributed by atoms with Crippen LogP contribution in [-0.4, -0.2) is 11.1 Å². The summed E-state index contributed by atoms with van der Waals surface area (Å²) in [5.74, 6) is -0.915. The molecule has 1 aromatic rings. The molecule has 1 aromatic carbocycles. The van der Waals surface area contributed by atoms with Gasteiger partial charge in [0.2, 0.25) is 0 Å². The molecule has 0 fully saturated rings. The molecule has 0 heterocycles. The first-order valence-corrected chi connectivity index (χ1v) is 8.44. The molecular formula is C22H28O2. The maximum absolute atomic E-state index is 10.6. The number of aliphatic carboxylic acids is 1. The second-order valence-electron chi connectivity index (χ2n) is 8.14. The van der Waals surface area contributed by atoms with Crippen LogP contribution in [0.3, 0.4) is 0 Å². The molecule has 128 valence electrons. The average Bonchev–Trinajstić information content (AvgIpc) is 2.62. The second kappa shape index (κ2) is 6.43. The molecule has 0 spiro atoms. The van der Waals surface area contributed by atoms with Gasteiger partial charge in [-0.05, 0) is 58.9 Å². The number of fused-ring (bicyclic) bond motifs is 1. The van der Waals surface area contributed by atoms with Crippen LogP contribution in [0.15, 0.2) is 48.1 Å². The van der Waals surface area contributed by atoms with E-state index in [9.17, 15) is 4.79 Å². The van der Waals surface area contributed by atoms with E-state index in [0.717, 1.165) is 5.57 Å². The van der Waals surface area contributed by atoms with Crippen LogP contribution in [0.1, 0.15) is 64.7 Å². The number of benzene rings is 1. The standard InChI is InChI=1S/C22H28O2/c1-15(12-20(23)24)8-7-9-16(2)17-10-11-18-19(13-17)22(5,6)14-21(18,3)4/h7-13H,14H2,1-6H3,(H,23,24)/b8-7?,15-12+,16-9?. The lowest BCUT2D eigenvalue weighted by molar-refractivity contribution is -0.131. The Morgan fingerprint density at radius 1 is 1.08 bits per heavy atom. The van der Waals surface area contributed by atoms with Gasteiger partial charge in [-0.15, -0.1) is 0 Å². The molecule has 0 amide bonds. The van der Waals surface area contributed by atoms with Gasteiger partial charge in [0.25, 0.3) is 0 Å². The lowest BCUT2D eigenvalue weighted by Crippen LogP contribution is -2.17. The van der Waals surface area contributed by atoms with Gasteiger partial charge in [0.15, 0.2) is 0 Å². The van der Waals surface area contributed by atoms with Crippen molar-refractivity contribution in [1.82, 2.24) is 0 Å². The maximum Gasteiger partial charge on any atom is 0.328 e. The summed E-state index contributed by atoms with van der Waals surface area (Å²) in [4.78, 5) is 10.6. The largest absolute Gasteiger partial charge is 0.478 e. The van der Waals surface area contributed by atoms with Crippen LogP contribution >= 0.6 is 0 Å². The lowest BCUT2D eigenvalue weighted by atomic mass is 9.82. The Kier molecular flexibility index (Phi) is 4.89. The highest BCUT2D eigenvalue weighted by molar-refractivity contribution is 5.81. The van der Waals surface area contributed by atoms with Crippen molar-refractivity contribution in [2.45, 2.75) is 58.8 Å². The molecule has 2 heteroatoms. The molecule has 24 heavy (non-hydrogen) atoms. The Balaban J connectivity index is 2.30. The number of allylic oxidation sites excluding steroid dienone is 5. The Morgan fingerprint density at radius 3 is 2.33 bits per heavy atom. The topological polar surface area (TPSA) is 37.3 Å². The summed E-state index contributed by atoms with van der Waals surface area (Å²) in [7, 11) is 0. The van der Waals surface area contributed by atoms with Crippen LogP contribution in [0.4, 0.5) is 0 Å². The molecule has 0 saturated carbocycles. The molecule has 1 N–H and O–H groups in total.